The molecule has 1 unspecified atom stereocenters. The Morgan fingerprint density at radius 1 is 1.64 bits per heavy atom. The molecule has 60 valence electrons. The van der Waals surface area contributed by atoms with Crippen LogP contribution in [0, 0.1) is 11.8 Å². The SMILES string of the molecule is CC(C)C1Cc2nccn2C1. The van der Waals surface area contributed by atoms with Crippen molar-refractivity contribution in [2.24, 2.45) is 11.8 Å². The smallest absolute Gasteiger partial charge is 0.108 e. The maximum Gasteiger partial charge on any atom is 0.108 e. The van der Waals surface area contributed by atoms with Crippen molar-refractivity contribution in [3.05, 3.63) is 18.2 Å². The number of fused-ring (bicyclic) bond motifs is 1. The average molecular weight is 150 g/mol. The first-order valence-corrected chi connectivity index (χ1v) is 4.27. The Balaban J connectivity index is 2.16. The Hall–Kier alpha value is -0.790. The van der Waals surface area contributed by atoms with Crippen LogP contribution in [0.25, 0.3) is 0 Å². The van der Waals surface area contributed by atoms with Crippen LogP contribution in [0.4, 0.5) is 0 Å². The van der Waals surface area contributed by atoms with E-state index in [1.54, 1.807) is 0 Å². The molecule has 0 saturated carbocycles. The van der Waals surface area contributed by atoms with E-state index in [4.69, 9.17) is 0 Å². The molecule has 0 spiro atoms. The summed E-state index contributed by atoms with van der Waals surface area (Å²) in [5.74, 6) is 2.87. The molecule has 1 aliphatic rings. The Morgan fingerprint density at radius 2 is 2.45 bits per heavy atom. The highest BCUT2D eigenvalue weighted by molar-refractivity contribution is 5.00. The van der Waals surface area contributed by atoms with Gasteiger partial charge in [0.05, 0.1) is 0 Å². The lowest BCUT2D eigenvalue weighted by atomic mass is 9.95. The maximum atomic E-state index is 4.29. The van der Waals surface area contributed by atoms with Gasteiger partial charge >= 0.3 is 0 Å². The summed E-state index contributed by atoms with van der Waals surface area (Å²) in [6.07, 6.45) is 5.15. The highest BCUT2D eigenvalue weighted by atomic mass is 15.1. The number of hydrogen-bond acceptors (Lipinski definition) is 1. The van der Waals surface area contributed by atoms with E-state index in [9.17, 15) is 0 Å². The Labute approximate surface area is 67.3 Å². The summed E-state index contributed by atoms with van der Waals surface area (Å²) in [4.78, 5) is 4.29. The van der Waals surface area contributed by atoms with Crippen LogP contribution < -0.4 is 0 Å². The van der Waals surface area contributed by atoms with Gasteiger partial charge in [-0.15, -0.1) is 0 Å². The highest BCUT2D eigenvalue weighted by Crippen LogP contribution is 2.24. The molecule has 0 aliphatic carbocycles. The molecular formula is C9H14N2. The van der Waals surface area contributed by atoms with Gasteiger partial charge in [-0.25, -0.2) is 4.98 Å². The predicted octanol–water partition coefficient (Wildman–Crippen LogP) is 1.71. The van der Waals surface area contributed by atoms with E-state index < -0.39 is 0 Å². The van der Waals surface area contributed by atoms with E-state index in [0.29, 0.717) is 0 Å². The van der Waals surface area contributed by atoms with Crippen LogP contribution in [0.2, 0.25) is 0 Å². The lowest BCUT2D eigenvalue weighted by molar-refractivity contribution is 0.377. The molecule has 1 aromatic rings. The van der Waals surface area contributed by atoms with Crippen LogP contribution in [0.3, 0.4) is 0 Å². The average Bonchev–Trinajstić information content (AvgIpc) is 2.40. The summed E-state index contributed by atoms with van der Waals surface area (Å²) in [6, 6.07) is 0. The van der Waals surface area contributed by atoms with Crippen molar-refractivity contribution in [2.45, 2.75) is 26.8 Å². The van der Waals surface area contributed by atoms with Gasteiger partial charge in [-0.3, -0.25) is 0 Å². The lowest BCUT2D eigenvalue weighted by Crippen LogP contribution is -2.09. The number of nitrogens with zero attached hydrogens (tertiary/aromatic N) is 2. The van der Waals surface area contributed by atoms with Crippen LogP contribution in [-0.4, -0.2) is 9.55 Å². The summed E-state index contributed by atoms with van der Waals surface area (Å²) in [5, 5.41) is 0. The van der Waals surface area contributed by atoms with Crippen molar-refractivity contribution in [3.8, 4) is 0 Å². The summed E-state index contributed by atoms with van der Waals surface area (Å²) in [7, 11) is 0. The summed E-state index contributed by atoms with van der Waals surface area (Å²) in [5.41, 5.74) is 0. The first kappa shape index (κ1) is 6.89. The minimum absolute atomic E-state index is 0.789. The molecule has 2 heterocycles. The number of rotatable bonds is 1. The topological polar surface area (TPSA) is 17.8 Å². The first-order valence-electron chi connectivity index (χ1n) is 4.27. The van der Waals surface area contributed by atoms with Crippen molar-refractivity contribution in [3.63, 3.8) is 0 Å². The first-order chi connectivity index (χ1) is 5.27. The van der Waals surface area contributed by atoms with Gasteiger partial charge < -0.3 is 4.57 Å². The standard InChI is InChI=1S/C9H14N2/c1-7(2)8-5-9-10-3-4-11(9)6-8/h3-4,7-8H,5-6H2,1-2H3. The van der Waals surface area contributed by atoms with E-state index in [-0.39, 0.29) is 0 Å². The number of hydrogen-bond donors (Lipinski definition) is 0. The van der Waals surface area contributed by atoms with Crippen molar-refractivity contribution in [2.75, 3.05) is 0 Å². The fraction of sp³-hybridized carbons (Fsp3) is 0.667. The third kappa shape index (κ3) is 1.06. The molecule has 1 aliphatic heterocycles. The largest absolute Gasteiger partial charge is 0.335 e. The molecule has 0 aromatic carbocycles. The van der Waals surface area contributed by atoms with Gasteiger partial charge in [-0.1, -0.05) is 13.8 Å². The fourth-order valence-electron chi connectivity index (χ4n) is 1.69. The molecule has 1 atom stereocenters. The number of imidazole rings is 1. The van der Waals surface area contributed by atoms with Gasteiger partial charge in [0.25, 0.3) is 0 Å². The van der Waals surface area contributed by atoms with Gasteiger partial charge in [-0.05, 0) is 11.8 Å². The van der Waals surface area contributed by atoms with Crippen molar-refractivity contribution in [1.29, 1.82) is 0 Å². The maximum absolute atomic E-state index is 4.29. The van der Waals surface area contributed by atoms with Crippen molar-refractivity contribution >= 4 is 0 Å². The van der Waals surface area contributed by atoms with Crippen LogP contribution in [0.15, 0.2) is 12.4 Å². The highest BCUT2D eigenvalue weighted by Gasteiger charge is 2.23. The lowest BCUT2D eigenvalue weighted by Gasteiger charge is -2.11. The molecular weight excluding hydrogens is 136 g/mol. The molecule has 0 N–H and O–H groups in total. The minimum atomic E-state index is 0.789. The molecule has 11 heavy (non-hydrogen) atoms. The number of aromatic nitrogens is 2. The van der Waals surface area contributed by atoms with Gasteiger partial charge in [-0.2, -0.15) is 0 Å². The van der Waals surface area contributed by atoms with E-state index in [1.807, 2.05) is 6.20 Å². The molecule has 2 heteroatoms. The molecule has 0 radical (unpaired) electrons. The third-order valence-corrected chi connectivity index (χ3v) is 2.62. The van der Waals surface area contributed by atoms with Gasteiger partial charge in [0.2, 0.25) is 0 Å². The van der Waals surface area contributed by atoms with Crippen LogP contribution in [0.1, 0.15) is 19.7 Å². The van der Waals surface area contributed by atoms with Gasteiger partial charge in [0, 0.05) is 25.4 Å². The zero-order valence-electron chi connectivity index (χ0n) is 7.12. The second-order valence-corrected chi connectivity index (χ2v) is 3.70. The van der Waals surface area contributed by atoms with Crippen LogP contribution in [0.5, 0.6) is 0 Å². The monoisotopic (exact) mass is 150 g/mol. The molecule has 0 saturated heterocycles. The Kier molecular flexibility index (Phi) is 1.48. The van der Waals surface area contributed by atoms with Gasteiger partial charge in [0.1, 0.15) is 5.82 Å². The predicted molar refractivity (Wildman–Crippen MR) is 44.3 cm³/mol. The normalized spacial score (nSPS) is 22.6. The van der Waals surface area contributed by atoms with Crippen LogP contribution >= 0.6 is 0 Å². The van der Waals surface area contributed by atoms with Crippen LogP contribution in [-0.2, 0) is 13.0 Å². The van der Waals surface area contributed by atoms with Gasteiger partial charge in [0.15, 0.2) is 0 Å². The quantitative estimate of drug-likeness (QED) is 0.596. The van der Waals surface area contributed by atoms with Crippen molar-refractivity contribution in [1.82, 2.24) is 9.55 Å². The Morgan fingerprint density at radius 3 is 3.09 bits per heavy atom. The van der Waals surface area contributed by atoms with E-state index in [1.165, 1.54) is 18.8 Å². The second-order valence-electron chi connectivity index (χ2n) is 3.70. The zero-order valence-corrected chi connectivity index (χ0v) is 7.12. The molecule has 0 amide bonds. The third-order valence-electron chi connectivity index (χ3n) is 2.62. The summed E-state index contributed by atoms with van der Waals surface area (Å²) in [6.45, 7) is 5.75. The summed E-state index contributed by atoms with van der Waals surface area (Å²) < 4.78 is 2.27. The fourth-order valence-corrected chi connectivity index (χ4v) is 1.69. The van der Waals surface area contributed by atoms with E-state index in [0.717, 1.165) is 11.8 Å². The zero-order chi connectivity index (χ0) is 7.84. The minimum Gasteiger partial charge on any atom is -0.335 e. The molecule has 1 aromatic heterocycles. The Bertz CT molecular complexity index is 229. The van der Waals surface area contributed by atoms with Crippen molar-refractivity contribution < 1.29 is 0 Å². The molecule has 2 rings (SSSR count). The summed E-state index contributed by atoms with van der Waals surface area (Å²) >= 11 is 0. The second kappa shape index (κ2) is 2.36. The van der Waals surface area contributed by atoms with E-state index in [2.05, 4.69) is 29.6 Å². The molecule has 2 nitrogen and oxygen atoms in total. The molecule has 0 bridgehead atoms. The van der Waals surface area contributed by atoms with E-state index >= 15 is 0 Å². The molecule has 0 fully saturated rings.